The predicted octanol–water partition coefficient (Wildman–Crippen LogP) is 3.47. The summed E-state index contributed by atoms with van der Waals surface area (Å²) in [4.78, 5) is 0. The molecule has 1 rings (SSSR count). The zero-order valence-corrected chi connectivity index (χ0v) is 8.99. The highest BCUT2D eigenvalue weighted by atomic mass is 14.6. The van der Waals surface area contributed by atoms with Crippen LogP contribution in [0.15, 0.2) is 0 Å². The zero-order valence-electron chi connectivity index (χ0n) is 8.99. The van der Waals surface area contributed by atoms with E-state index < -0.39 is 0 Å². The molecule has 0 N–H and O–H groups in total. The van der Waals surface area contributed by atoms with Crippen molar-refractivity contribution >= 4 is 0 Å². The van der Waals surface area contributed by atoms with Gasteiger partial charge in [0.15, 0.2) is 0 Å². The lowest BCUT2D eigenvalue weighted by molar-refractivity contribution is 0.318. The average Bonchev–Trinajstić information content (AvgIpc) is 2.61. The summed E-state index contributed by atoms with van der Waals surface area (Å²) in [5.41, 5.74) is 0.826. The minimum atomic E-state index is 0.276. The van der Waals surface area contributed by atoms with E-state index >= 15 is 0 Å². The quantitative estimate of drug-likeness (QED) is 0.548. The highest BCUT2D eigenvalue weighted by Crippen LogP contribution is 2.61. The fraction of sp³-hybridized carbons (Fsp3) is 0.833. The molecule has 1 aliphatic carbocycles. The summed E-state index contributed by atoms with van der Waals surface area (Å²) in [7, 11) is 0. The lowest BCUT2D eigenvalue weighted by Gasteiger charge is -2.23. The van der Waals surface area contributed by atoms with Crippen LogP contribution in [0.4, 0.5) is 0 Å². The summed E-state index contributed by atoms with van der Waals surface area (Å²) in [6.45, 7) is 11.2. The Hall–Kier alpha value is -0.440. The summed E-state index contributed by atoms with van der Waals surface area (Å²) >= 11 is 0. The SMILES string of the molecule is CC#CC(C)(CC)C1CC1(C)C. The van der Waals surface area contributed by atoms with Gasteiger partial charge < -0.3 is 0 Å². The normalized spacial score (nSPS) is 29.9. The molecule has 0 heteroatoms. The maximum atomic E-state index is 3.38. The molecule has 0 nitrogen and oxygen atoms in total. The van der Waals surface area contributed by atoms with Crippen LogP contribution in [0.3, 0.4) is 0 Å². The Morgan fingerprint density at radius 2 is 2.00 bits per heavy atom. The number of hydrogen-bond acceptors (Lipinski definition) is 0. The summed E-state index contributed by atoms with van der Waals surface area (Å²) in [6.07, 6.45) is 2.54. The Morgan fingerprint density at radius 3 is 2.25 bits per heavy atom. The van der Waals surface area contributed by atoms with Gasteiger partial charge in [-0.25, -0.2) is 0 Å². The van der Waals surface area contributed by atoms with Gasteiger partial charge >= 0.3 is 0 Å². The Labute approximate surface area is 76.7 Å². The van der Waals surface area contributed by atoms with Gasteiger partial charge in [-0.1, -0.05) is 26.7 Å². The first-order chi connectivity index (χ1) is 5.46. The van der Waals surface area contributed by atoms with Crippen molar-refractivity contribution in [3.05, 3.63) is 0 Å². The maximum absolute atomic E-state index is 3.38. The van der Waals surface area contributed by atoms with E-state index in [-0.39, 0.29) is 5.41 Å². The van der Waals surface area contributed by atoms with Gasteiger partial charge in [0, 0.05) is 5.41 Å². The molecule has 2 unspecified atom stereocenters. The first-order valence-electron chi connectivity index (χ1n) is 4.90. The van der Waals surface area contributed by atoms with Crippen molar-refractivity contribution in [3.63, 3.8) is 0 Å². The second kappa shape index (κ2) is 2.80. The van der Waals surface area contributed by atoms with Crippen molar-refractivity contribution < 1.29 is 0 Å². The third-order valence-corrected chi connectivity index (χ3v) is 3.43. The van der Waals surface area contributed by atoms with Gasteiger partial charge in [-0.2, -0.15) is 0 Å². The van der Waals surface area contributed by atoms with E-state index in [2.05, 4.69) is 39.5 Å². The minimum absolute atomic E-state index is 0.276. The molecule has 1 fully saturated rings. The third kappa shape index (κ3) is 1.51. The molecular formula is C12H20. The molecule has 1 aliphatic rings. The molecule has 0 aromatic carbocycles. The number of rotatable bonds is 2. The summed E-state index contributed by atoms with van der Waals surface area (Å²) in [5, 5.41) is 0. The monoisotopic (exact) mass is 164 g/mol. The van der Waals surface area contributed by atoms with Gasteiger partial charge in [0.25, 0.3) is 0 Å². The molecule has 0 spiro atoms. The van der Waals surface area contributed by atoms with Crippen LogP contribution < -0.4 is 0 Å². The summed E-state index contributed by atoms with van der Waals surface area (Å²) in [5.74, 6) is 7.27. The fourth-order valence-corrected chi connectivity index (χ4v) is 2.26. The van der Waals surface area contributed by atoms with Crippen LogP contribution in [0.5, 0.6) is 0 Å². The maximum Gasteiger partial charge on any atom is 0.0317 e. The van der Waals surface area contributed by atoms with Crippen molar-refractivity contribution in [1.29, 1.82) is 0 Å². The van der Waals surface area contributed by atoms with E-state index in [1.54, 1.807) is 0 Å². The minimum Gasteiger partial charge on any atom is -0.106 e. The molecule has 12 heavy (non-hydrogen) atoms. The van der Waals surface area contributed by atoms with Crippen LogP contribution in [0.25, 0.3) is 0 Å². The van der Waals surface area contributed by atoms with E-state index in [1.807, 2.05) is 6.92 Å². The molecule has 0 saturated heterocycles. The summed E-state index contributed by atoms with van der Waals surface area (Å²) < 4.78 is 0. The largest absolute Gasteiger partial charge is 0.106 e. The van der Waals surface area contributed by atoms with Gasteiger partial charge in [0.1, 0.15) is 0 Å². The standard InChI is InChI=1S/C12H20/c1-6-8-12(5,7-2)10-9-11(10,3)4/h10H,7,9H2,1-5H3. The molecule has 1 saturated carbocycles. The predicted molar refractivity (Wildman–Crippen MR) is 53.7 cm³/mol. The molecule has 0 amide bonds. The van der Waals surface area contributed by atoms with Crippen LogP contribution >= 0.6 is 0 Å². The number of hydrogen-bond donors (Lipinski definition) is 0. The van der Waals surface area contributed by atoms with Crippen molar-refractivity contribution in [3.8, 4) is 11.8 Å². The third-order valence-electron chi connectivity index (χ3n) is 3.43. The van der Waals surface area contributed by atoms with Crippen LogP contribution in [0.2, 0.25) is 0 Å². The Kier molecular flexibility index (Phi) is 2.25. The molecule has 0 aliphatic heterocycles. The lowest BCUT2D eigenvalue weighted by atomic mass is 9.80. The Balaban J connectivity index is 2.74. The van der Waals surface area contributed by atoms with E-state index in [4.69, 9.17) is 0 Å². The smallest absolute Gasteiger partial charge is 0.0317 e. The zero-order chi connectivity index (χ0) is 9.41. The molecule has 0 aromatic heterocycles. The molecular weight excluding hydrogens is 144 g/mol. The van der Waals surface area contributed by atoms with Gasteiger partial charge in [-0.05, 0) is 38.0 Å². The average molecular weight is 164 g/mol. The Bertz CT molecular complexity index is 226. The summed E-state index contributed by atoms with van der Waals surface area (Å²) in [6, 6.07) is 0. The van der Waals surface area contributed by atoms with Gasteiger partial charge in [0.2, 0.25) is 0 Å². The first-order valence-corrected chi connectivity index (χ1v) is 4.90. The highest BCUT2D eigenvalue weighted by molar-refractivity contribution is 5.18. The highest BCUT2D eigenvalue weighted by Gasteiger charge is 2.54. The van der Waals surface area contributed by atoms with Crippen molar-refractivity contribution in [1.82, 2.24) is 0 Å². The van der Waals surface area contributed by atoms with Crippen LogP contribution in [0, 0.1) is 28.6 Å². The van der Waals surface area contributed by atoms with E-state index in [9.17, 15) is 0 Å². The van der Waals surface area contributed by atoms with E-state index in [0.29, 0.717) is 5.41 Å². The molecule has 0 bridgehead atoms. The van der Waals surface area contributed by atoms with Crippen LogP contribution in [-0.4, -0.2) is 0 Å². The van der Waals surface area contributed by atoms with Crippen molar-refractivity contribution in [2.75, 3.05) is 0 Å². The van der Waals surface area contributed by atoms with Gasteiger partial charge in [-0.3, -0.25) is 0 Å². The van der Waals surface area contributed by atoms with E-state index in [1.165, 1.54) is 12.8 Å². The second-order valence-electron chi connectivity index (χ2n) is 4.89. The molecule has 2 atom stereocenters. The van der Waals surface area contributed by atoms with Gasteiger partial charge in [-0.15, -0.1) is 5.92 Å². The molecule has 0 heterocycles. The van der Waals surface area contributed by atoms with Crippen LogP contribution in [0.1, 0.15) is 47.5 Å². The topological polar surface area (TPSA) is 0 Å². The fourth-order valence-electron chi connectivity index (χ4n) is 2.26. The second-order valence-corrected chi connectivity index (χ2v) is 4.89. The van der Waals surface area contributed by atoms with Gasteiger partial charge in [0.05, 0.1) is 0 Å². The lowest BCUT2D eigenvalue weighted by Crippen LogP contribution is -2.18. The molecule has 68 valence electrons. The van der Waals surface area contributed by atoms with Crippen LogP contribution in [-0.2, 0) is 0 Å². The Morgan fingerprint density at radius 1 is 1.50 bits per heavy atom. The van der Waals surface area contributed by atoms with E-state index in [0.717, 1.165) is 5.92 Å². The molecule has 0 aromatic rings. The van der Waals surface area contributed by atoms with Crippen molar-refractivity contribution in [2.45, 2.75) is 47.5 Å². The first kappa shape index (κ1) is 9.65. The molecule has 0 radical (unpaired) electrons. The van der Waals surface area contributed by atoms with Crippen molar-refractivity contribution in [2.24, 2.45) is 16.7 Å².